The summed E-state index contributed by atoms with van der Waals surface area (Å²) in [5, 5.41) is -0.129. The maximum Gasteiger partial charge on any atom is 0.397 e. The van der Waals surface area contributed by atoms with Crippen molar-refractivity contribution in [2.45, 2.75) is 4.90 Å². The third kappa shape index (κ3) is 4.49. The molecule has 0 saturated carbocycles. The summed E-state index contributed by atoms with van der Waals surface area (Å²) in [5.41, 5.74) is 5.72. The molecule has 20 heavy (non-hydrogen) atoms. The zero-order valence-electron chi connectivity index (χ0n) is 10.2. The first kappa shape index (κ1) is 17.0. The molecular formula is C9H12ClNO7S2. The van der Waals surface area contributed by atoms with Gasteiger partial charge in [0.15, 0.2) is 9.84 Å². The van der Waals surface area contributed by atoms with Crippen LogP contribution in [0.1, 0.15) is 0 Å². The molecule has 1 aromatic rings. The van der Waals surface area contributed by atoms with Crippen molar-refractivity contribution >= 4 is 37.5 Å². The Morgan fingerprint density at radius 1 is 1.30 bits per heavy atom. The highest BCUT2D eigenvalue weighted by Gasteiger charge is 2.21. The Bertz CT molecular complexity index is 699. The summed E-state index contributed by atoms with van der Waals surface area (Å²) >= 11 is 5.79. The highest BCUT2D eigenvalue weighted by molar-refractivity contribution is 7.91. The van der Waals surface area contributed by atoms with Gasteiger partial charge >= 0.3 is 10.4 Å². The number of anilines is 1. The summed E-state index contributed by atoms with van der Waals surface area (Å²) in [7, 11) is -7.33. The molecule has 0 saturated heterocycles. The van der Waals surface area contributed by atoms with Crippen LogP contribution in [0.5, 0.6) is 5.75 Å². The van der Waals surface area contributed by atoms with Crippen molar-refractivity contribution in [1.29, 1.82) is 0 Å². The van der Waals surface area contributed by atoms with Crippen LogP contribution < -0.4 is 10.5 Å². The highest BCUT2D eigenvalue weighted by atomic mass is 35.5. The van der Waals surface area contributed by atoms with Crippen molar-refractivity contribution in [3.05, 3.63) is 17.2 Å². The minimum atomic E-state index is -4.70. The molecule has 0 unspecified atom stereocenters. The maximum absolute atomic E-state index is 12.0. The second kappa shape index (κ2) is 6.14. The molecule has 1 rings (SSSR count). The first-order valence-electron chi connectivity index (χ1n) is 5.04. The quantitative estimate of drug-likeness (QED) is 0.563. The molecule has 0 atom stereocenters. The molecule has 1 aromatic carbocycles. The molecule has 3 N–H and O–H groups in total. The van der Waals surface area contributed by atoms with Crippen LogP contribution in [0.4, 0.5) is 5.69 Å². The number of hydrogen-bond acceptors (Lipinski definition) is 7. The van der Waals surface area contributed by atoms with Crippen LogP contribution in [0.15, 0.2) is 17.0 Å². The lowest BCUT2D eigenvalue weighted by Crippen LogP contribution is -2.16. The number of sulfone groups is 1. The van der Waals surface area contributed by atoms with Crippen molar-refractivity contribution in [3.63, 3.8) is 0 Å². The van der Waals surface area contributed by atoms with Gasteiger partial charge in [-0.3, -0.25) is 4.55 Å². The summed E-state index contributed by atoms with van der Waals surface area (Å²) in [6.07, 6.45) is 0. The predicted molar refractivity (Wildman–Crippen MR) is 72.0 cm³/mol. The second-order valence-corrected chi connectivity index (χ2v) is 7.17. The molecule has 11 heteroatoms. The van der Waals surface area contributed by atoms with Crippen LogP contribution in [0.3, 0.4) is 0 Å². The monoisotopic (exact) mass is 345 g/mol. The zero-order chi connectivity index (χ0) is 15.6. The van der Waals surface area contributed by atoms with Crippen molar-refractivity contribution in [2.24, 2.45) is 0 Å². The van der Waals surface area contributed by atoms with Crippen molar-refractivity contribution < 1.29 is 30.3 Å². The number of nitrogens with two attached hydrogens (primary N) is 1. The minimum Gasteiger partial charge on any atom is -0.495 e. The molecule has 0 bridgehead atoms. The number of nitrogen functional groups attached to an aromatic ring is 1. The summed E-state index contributed by atoms with van der Waals surface area (Å²) in [4.78, 5) is -0.274. The van der Waals surface area contributed by atoms with Gasteiger partial charge in [0.05, 0.1) is 35.1 Å². The van der Waals surface area contributed by atoms with Gasteiger partial charge in [-0.2, -0.15) is 8.42 Å². The normalized spacial score (nSPS) is 12.3. The lowest BCUT2D eigenvalue weighted by atomic mass is 10.3. The number of rotatable bonds is 6. The Labute approximate surface area is 121 Å². The van der Waals surface area contributed by atoms with E-state index in [1.165, 1.54) is 13.2 Å². The first-order valence-corrected chi connectivity index (χ1v) is 8.44. The van der Waals surface area contributed by atoms with E-state index in [-0.39, 0.29) is 21.4 Å². The summed E-state index contributed by atoms with van der Waals surface area (Å²) in [5.74, 6) is -0.580. The van der Waals surface area contributed by atoms with E-state index in [0.717, 1.165) is 6.07 Å². The van der Waals surface area contributed by atoms with E-state index < -0.39 is 32.6 Å². The molecule has 0 radical (unpaired) electrons. The summed E-state index contributed by atoms with van der Waals surface area (Å²) in [6, 6.07) is 2.33. The molecule has 0 aliphatic rings. The number of halogens is 1. The van der Waals surface area contributed by atoms with Gasteiger partial charge in [-0.25, -0.2) is 12.6 Å². The van der Waals surface area contributed by atoms with Gasteiger partial charge in [0.25, 0.3) is 0 Å². The fraction of sp³-hybridized carbons (Fsp3) is 0.333. The maximum atomic E-state index is 12.0. The summed E-state index contributed by atoms with van der Waals surface area (Å²) < 4.78 is 61.8. The van der Waals surface area contributed by atoms with Crippen LogP contribution in [-0.2, 0) is 24.4 Å². The van der Waals surface area contributed by atoms with E-state index in [1.807, 2.05) is 0 Å². The first-order chi connectivity index (χ1) is 9.07. The summed E-state index contributed by atoms with van der Waals surface area (Å²) in [6.45, 7) is -0.746. The van der Waals surface area contributed by atoms with Crippen molar-refractivity contribution in [3.8, 4) is 5.75 Å². The van der Waals surface area contributed by atoms with Crippen LogP contribution in [0.2, 0.25) is 5.02 Å². The Hall–Kier alpha value is -1.07. The molecule has 0 aromatic heterocycles. The third-order valence-electron chi connectivity index (χ3n) is 2.20. The Kier molecular flexibility index (Phi) is 5.21. The van der Waals surface area contributed by atoms with E-state index >= 15 is 0 Å². The van der Waals surface area contributed by atoms with Crippen LogP contribution in [0, 0.1) is 0 Å². The zero-order valence-corrected chi connectivity index (χ0v) is 12.6. The Morgan fingerprint density at radius 3 is 2.40 bits per heavy atom. The average molecular weight is 346 g/mol. The fourth-order valence-electron chi connectivity index (χ4n) is 1.32. The molecule has 0 aliphatic heterocycles. The molecule has 0 aliphatic carbocycles. The van der Waals surface area contributed by atoms with E-state index in [4.69, 9.17) is 26.6 Å². The lowest BCUT2D eigenvalue weighted by Gasteiger charge is -2.10. The van der Waals surface area contributed by atoms with Crippen molar-refractivity contribution in [1.82, 2.24) is 0 Å². The topological polar surface area (TPSA) is 133 Å². The van der Waals surface area contributed by atoms with Crippen LogP contribution in [0.25, 0.3) is 0 Å². The largest absolute Gasteiger partial charge is 0.495 e. The predicted octanol–water partition coefficient (Wildman–Crippen LogP) is 0.524. The number of hydrogen-bond donors (Lipinski definition) is 2. The van der Waals surface area contributed by atoms with E-state index in [2.05, 4.69) is 4.18 Å². The molecule has 0 amide bonds. The van der Waals surface area contributed by atoms with E-state index in [9.17, 15) is 16.8 Å². The van der Waals surface area contributed by atoms with Crippen LogP contribution in [-0.4, -0.2) is 40.9 Å². The van der Waals surface area contributed by atoms with E-state index in [1.54, 1.807) is 0 Å². The van der Waals surface area contributed by atoms with Crippen LogP contribution >= 0.6 is 11.6 Å². The number of benzene rings is 1. The smallest absolute Gasteiger partial charge is 0.397 e. The van der Waals surface area contributed by atoms with Gasteiger partial charge in [0, 0.05) is 6.07 Å². The Balaban J connectivity index is 3.04. The van der Waals surface area contributed by atoms with Gasteiger partial charge in [-0.15, -0.1) is 0 Å². The molecule has 0 spiro atoms. The van der Waals surface area contributed by atoms with Gasteiger partial charge in [0.2, 0.25) is 0 Å². The van der Waals surface area contributed by atoms with Gasteiger partial charge in [-0.1, -0.05) is 11.6 Å². The standard InChI is InChI=1S/C9H12ClNO7S2/c1-17-8-5-9(6(10)4-7(8)11)19(12,13)3-2-18-20(14,15)16/h4-5H,2-3,11H2,1H3,(H,14,15,16). The van der Waals surface area contributed by atoms with E-state index in [0.29, 0.717) is 0 Å². The highest BCUT2D eigenvalue weighted by Crippen LogP contribution is 2.32. The molecule has 114 valence electrons. The SMILES string of the molecule is COc1cc(S(=O)(=O)CCOS(=O)(=O)O)c(Cl)cc1N. The second-order valence-electron chi connectivity index (χ2n) is 3.59. The minimum absolute atomic E-state index is 0.115. The number of methoxy groups -OCH3 is 1. The fourth-order valence-corrected chi connectivity index (χ4v) is 3.41. The molecule has 0 fully saturated rings. The lowest BCUT2D eigenvalue weighted by molar-refractivity contribution is 0.284. The number of ether oxygens (including phenoxy) is 1. The average Bonchev–Trinajstić information content (AvgIpc) is 2.26. The molecule has 0 heterocycles. The Morgan fingerprint density at radius 2 is 1.90 bits per heavy atom. The van der Waals surface area contributed by atoms with Gasteiger partial charge < -0.3 is 10.5 Å². The third-order valence-corrected chi connectivity index (χ3v) is 4.80. The van der Waals surface area contributed by atoms with Crippen molar-refractivity contribution in [2.75, 3.05) is 25.2 Å². The molecular weight excluding hydrogens is 334 g/mol. The molecule has 8 nitrogen and oxygen atoms in total. The van der Waals surface area contributed by atoms with Gasteiger partial charge in [-0.05, 0) is 6.07 Å². The van der Waals surface area contributed by atoms with Gasteiger partial charge in [0.1, 0.15) is 5.75 Å².